The molecule has 0 fully saturated rings. The Morgan fingerprint density at radius 1 is 1.23 bits per heavy atom. The van der Waals surface area contributed by atoms with Gasteiger partial charge < -0.3 is 15.5 Å². The van der Waals surface area contributed by atoms with Crippen LogP contribution in [0.1, 0.15) is 30.9 Å². The smallest absolute Gasteiger partial charge is 0.264 e. The molecule has 1 amide bonds. The van der Waals surface area contributed by atoms with Crippen LogP contribution in [0.25, 0.3) is 11.1 Å². The van der Waals surface area contributed by atoms with Gasteiger partial charge in [-0.15, -0.1) is 0 Å². The van der Waals surface area contributed by atoms with Crippen LogP contribution in [0.5, 0.6) is 0 Å². The molecule has 8 heteroatoms. The summed E-state index contributed by atoms with van der Waals surface area (Å²) in [5.41, 5.74) is 5.41. The molecule has 160 valence electrons. The van der Waals surface area contributed by atoms with Crippen molar-refractivity contribution >= 4 is 28.7 Å². The first-order chi connectivity index (χ1) is 14.9. The second-order valence-electron chi connectivity index (χ2n) is 8.17. The molecule has 31 heavy (non-hydrogen) atoms. The zero-order valence-electron chi connectivity index (χ0n) is 17.3. The molecule has 0 saturated carbocycles. The van der Waals surface area contributed by atoms with E-state index in [9.17, 15) is 13.6 Å². The fraction of sp³-hybridized carbons (Fsp3) is 0.304. The van der Waals surface area contributed by atoms with Crippen LogP contribution in [0.4, 0.5) is 31.5 Å². The van der Waals surface area contributed by atoms with Gasteiger partial charge in [-0.25, -0.2) is 8.78 Å². The summed E-state index contributed by atoms with van der Waals surface area (Å²) in [6.45, 7) is 2.63. The third-order valence-corrected chi connectivity index (χ3v) is 5.89. The number of rotatable bonds is 3. The third kappa shape index (κ3) is 3.41. The number of nitrogens with one attached hydrogen (secondary N) is 2. The number of benzene rings is 2. The quantitative estimate of drug-likeness (QED) is 0.632. The highest BCUT2D eigenvalue weighted by atomic mass is 19.3. The minimum absolute atomic E-state index is 0.00435. The fourth-order valence-electron chi connectivity index (χ4n) is 4.49. The molecule has 2 aliphatic heterocycles. The summed E-state index contributed by atoms with van der Waals surface area (Å²) in [6, 6.07) is 9.13. The van der Waals surface area contributed by atoms with Crippen LogP contribution < -0.4 is 15.5 Å². The van der Waals surface area contributed by atoms with Gasteiger partial charge in [0.15, 0.2) is 0 Å². The maximum Gasteiger partial charge on any atom is 0.264 e. The van der Waals surface area contributed by atoms with Crippen molar-refractivity contribution in [3.63, 3.8) is 0 Å². The average molecular weight is 423 g/mol. The van der Waals surface area contributed by atoms with Gasteiger partial charge in [0.05, 0.1) is 23.3 Å². The van der Waals surface area contributed by atoms with E-state index < -0.39 is 6.43 Å². The Morgan fingerprint density at radius 2 is 2.06 bits per heavy atom. The Kier molecular flexibility index (Phi) is 4.64. The van der Waals surface area contributed by atoms with Gasteiger partial charge in [0.1, 0.15) is 0 Å². The lowest BCUT2D eigenvalue weighted by molar-refractivity contribution is -0.116. The van der Waals surface area contributed by atoms with Crippen molar-refractivity contribution in [3.8, 4) is 11.1 Å². The number of hydrogen-bond donors (Lipinski definition) is 2. The summed E-state index contributed by atoms with van der Waals surface area (Å²) in [4.78, 5) is 14.2. The Bertz CT molecular complexity index is 1170. The van der Waals surface area contributed by atoms with E-state index in [4.69, 9.17) is 0 Å². The van der Waals surface area contributed by atoms with Crippen molar-refractivity contribution < 1.29 is 13.6 Å². The van der Waals surface area contributed by atoms with E-state index in [1.165, 1.54) is 0 Å². The van der Waals surface area contributed by atoms with Crippen LogP contribution in [0, 0.1) is 0 Å². The summed E-state index contributed by atoms with van der Waals surface area (Å²) in [7, 11) is 1.77. The van der Waals surface area contributed by atoms with Gasteiger partial charge in [0.2, 0.25) is 5.91 Å². The molecule has 3 aromatic rings. The second-order valence-corrected chi connectivity index (χ2v) is 8.17. The highest BCUT2D eigenvalue weighted by Gasteiger charge is 2.29. The summed E-state index contributed by atoms with van der Waals surface area (Å²) in [5, 5.41) is 10.5. The van der Waals surface area contributed by atoms with Gasteiger partial charge in [0, 0.05) is 49.1 Å². The van der Waals surface area contributed by atoms with Gasteiger partial charge in [-0.2, -0.15) is 5.10 Å². The number of amides is 1. The molecule has 2 aromatic carbocycles. The highest BCUT2D eigenvalue weighted by molar-refractivity contribution is 6.00. The van der Waals surface area contributed by atoms with E-state index in [1.54, 1.807) is 30.2 Å². The monoisotopic (exact) mass is 423 g/mol. The maximum atomic E-state index is 14.0. The van der Waals surface area contributed by atoms with Crippen molar-refractivity contribution in [1.29, 1.82) is 0 Å². The van der Waals surface area contributed by atoms with Gasteiger partial charge >= 0.3 is 0 Å². The van der Waals surface area contributed by atoms with E-state index >= 15 is 0 Å². The van der Waals surface area contributed by atoms with Gasteiger partial charge in [-0.3, -0.25) is 9.48 Å². The summed E-state index contributed by atoms with van der Waals surface area (Å²) in [6.07, 6.45) is 1.89. The van der Waals surface area contributed by atoms with Gasteiger partial charge in [-0.1, -0.05) is 6.07 Å². The number of carbonyl (C=O) groups is 1. The average Bonchev–Trinajstić information content (AvgIpc) is 3.29. The minimum Gasteiger partial charge on any atom is -0.379 e. The summed E-state index contributed by atoms with van der Waals surface area (Å²) in [5.74, 6) is -0.0428. The predicted octanol–water partition coefficient (Wildman–Crippen LogP) is 4.86. The third-order valence-electron chi connectivity index (χ3n) is 5.89. The van der Waals surface area contributed by atoms with E-state index in [2.05, 4.69) is 20.6 Å². The number of hydrogen-bond acceptors (Lipinski definition) is 4. The summed E-state index contributed by atoms with van der Waals surface area (Å²) >= 11 is 0. The molecule has 0 radical (unpaired) electrons. The van der Waals surface area contributed by atoms with Crippen LogP contribution in [0.15, 0.2) is 42.7 Å². The molecule has 0 spiro atoms. The van der Waals surface area contributed by atoms with E-state index in [0.717, 1.165) is 29.0 Å². The first-order valence-corrected chi connectivity index (χ1v) is 10.3. The molecule has 6 nitrogen and oxygen atoms in total. The van der Waals surface area contributed by atoms with Crippen molar-refractivity contribution in [3.05, 3.63) is 53.9 Å². The topological polar surface area (TPSA) is 62.2 Å². The molecule has 1 atom stereocenters. The first kappa shape index (κ1) is 19.5. The molecule has 2 N–H and O–H groups in total. The van der Waals surface area contributed by atoms with Crippen LogP contribution in [0.2, 0.25) is 0 Å². The zero-order chi connectivity index (χ0) is 21.7. The second kappa shape index (κ2) is 7.37. The van der Waals surface area contributed by atoms with Crippen LogP contribution >= 0.6 is 0 Å². The number of aryl methyl sites for hydroxylation is 1. The Labute approximate surface area is 178 Å². The predicted molar refractivity (Wildman–Crippen MR) is 117 cm³/mol. The SMILES string of the molecule is C[C@@H]1CC(=O)Nc2cccc(N3CCc4cc(-c5cnn(C)c5)c(C(F)F)cc43)c2N1. The lowest BCUT2D eigenvalue weighted by Crippen LogP contribution is -2.20. The van der Waals surface area contributed by atoms with Crippen molar-refractivity contribution in [1.82, 2.24) is 9.78 Å². The minimum atomic E-state index is -2.60. The molecular formula is C23H23F2N5O. The molecule has 5 rings (SSSR count). The molecule has 1 aromatic heterocycles. The Hall–Kier alpha value is -3.42. The maximum absolute atomic E-state index is 14.0. The number of aromatic nitrogens is 2. The van der Waals surface area contributed by atoms with E-state index in [-0.39, 0.29) is 17.5 Å². The number of para-hydroxylation sites is 1. The molecule has 0 unspecified atom stereocenters. The number of nitrogens with zero attached hydrogens (tertiary/aromatic N) is 3. The number of carbonyl (C=O) groups excluding carboxylic acids is 1. The van der Waals surface area contributed by atoms with Gasteiger partial charge in [-0.05, 0) is 48.7 Å². The van der Waals surface area contributed by atoms with E-state index in [0.29, 0.717) is 29.8 Å². The summed E-state index contributed by atoms with van der Waals surface area (Å²) < 4.78 is 29.7. The van der Waals surface area contributed by atoms with Crippen molar-refractivity contribution in [2.75, 3.05) is 22.1 Å². The van der Waals surface area contributed by atoms with E-state index in [1.807, 2.05) is 31.2 Å². The fourth-order valence-corrected chi connectivity index (χ4v) is 4.49. The lowest BCUT2D eigenvalue weighted by Gasteiger charge is -2.26. The molecular weight excluding hydrogens is 400 g/mol. The van der Waals surface area contributed by atoms with Crippen LogP contribution in [-0.2, 0) is 18.3 Å². The molecule has 0 bridgehead atoms. The largest absolute Gasteiger partial charge is 0.379 e. The van der Waals surface area contributed by atoms with Crippen LogP contribution in [-0.4, -0.2) is 28.3 Å². The molecule has 0 saturated heterocycles. The first-order valence-electron chi connectivity index (χ1n) is 10.3. The normalized spacial score (nSPS) is 17.8. The molecule has 2 aliphatic rings. The van der Waals surface area contributed by atoms with Crippen molar-refractivity contribution in [2.45, 2.75) is 32.2 Å². The standard InChI is InChI=1S/C23H23F2N5O/c1-13-8-21(31)28-18-4-3-5-19(22(18)27-13)30-7-6-14-9-16(15-11-26-29(2)12-15)17(23(24)25)10-20(14)30/h3-5,9-13,23,27H,6-8H2,1-2H3,(H,28,31)/t13-/m1/s1. The van der Waals surface area contributed by atoms with Crippen LogP contribution in [0.3, 0.4) is 0 Å². The Morgan fingerprint density at radius 3 is 2.81 bits per heavy atom. The Balaban J connectivity index is 1.62. The van der Waals surface area contributed by atoms with Crippen molar-refractivity contribution in [2.24, 2.45) is 7.05 Å². The number of fused-ring (bicyclic) bond motifs is 2. The number of halogens is 2. The molecule has 0 aliphatic carbocycles. The van der Waals surface area contributed by atoms with Gasteiger partial charge in [0.25, 0.3) is 6.43 Å². The zero-order valence-corrected chi connectivity index (χ0v) is 17.3. The number of alkyl halides is 2. The lowest BCUT2D eigenvalue weighted by atomic mass is 9.98. The molecule has 3 heterocycles. The number of anilines is 4. The highest BCUT2D eigenvalue weighted by Crippen LogP contribution is 2.45.